The third kappa shape index (κ3) is 3.64. The van der Waals surface area contributed by atoms with Crippen molar-refractivity contribution in [1.29, 1.82) is 0 Å². The van der Waals surface area contributed by atoms with Crippen LogP contribution < -0.4 is 5.32 Å². The molecule has 0 unspecified atom stereocenters. The minimum absolute atomic E-state index is 0.000445. The summed E-state index contributed by atoms with van der Waals surface area (Å²) in [6, 6.07) is 6.29. The summed E-state index contributed by atoms with van der Waals surface area (Å²) in [7, 11) is 0. The van der Waals surface area contributed by atoms with Crippen molar-refractivity contribution in [1.82, 2.24) is 9.97 Å². The summed E-state index contributed by atoms with van der Waals surface area (Å²) in [4.78, 5) is 28.0. The molecule has 0 radical (unpaired) electrons. The van der Waals surface area contributed by atoms with Gasteiger partial charge in [-0.05, 0) is 18.0 Å². The van der Waals surface area contributed by atoms with E-state index in [-0.39, 0.29) is 29.0 Å². The maximum atomic E-state index is 10.9. The molecule has 0 fully saturated rings. The zero-order chi connectivity index (χ0) is 16.1. The fourth-order valence-electron chi connectivity index (χ4n) is 1.83. The Morgan fingerprint density at radius 1 is 1.14 bits per heavy atom. The summed E-state index contributed by atoms with van der Waals surface area (Å²) in [6.45, 7) is 0.221. The number of nitro groups is 2. The highest BCUT2D eigenvalue weighted by Gasteiger charge is 2.17. The molecule has 10 heteroatoms. The minimum Gasteiger partial charge on any atom is -0.364 e. The van der Waals surface area contributed by atoms with E-state index < -0.39 is 9.85 Å². The second-order valence-electron chi connectivity index (χ2n) is 4.19. The molecule has 1 aromatic heterocycles. The first-order chi connectivity index (χ1) is 10.5. The Labute approximate surface area is 129 Å². The second kappa shape index (κ2) is 6.76. The topological polar surface area (TPSA) is 124 Å². The number of para-hydroxylation sites is 1. The lowest BCUT2D eigenvalue weighted by atomic mass is 10.1. The Bertz CT molecular complexity index is 724. The Morgan fingerprint density at radius 3 is 2.50 bits per heavy atom. The summed E-state index contributed by atoms with van der Waals surface area (Å²) in [5.74, 6) is -0.0245. The predicted molar refractivity (Wildman–Crippen MR) is 79.0 cm³/mol. The lowest BCUT2D eigenvalue weighted by molar-refractivity contribution is -0.385. The molecule has 2 rings (SSSR count). The van der Waals surface area contributed by atoms with Crippen LogP contribution in [0.2, 0.25) is 5.28 Å². The van der Waals surface area contributed by atoms with Gasteiger partial charge in [0.05, 0.1) is 9.85 Å². The van der Waals surface area contributed by atoms with Crippen LogP contribution in [0, 0.1) is 20.2 Å². The minimum atomic E-state index is -0.635. The van der Waals surface area contributed by atoms with Gasteiger partial charge in [-0.25, -0.2) is 4.98 Å². The molecule has 22 heavy (non-hydrogen) atoms. The molecule has 0 aliphatic rings. The van der Waals surface area contributed by atoms with E-state index in [4.69, 9.17) is 11.6 Å². The molecule has 0 saturated carbocycles. The molecule has 0 bridgehead atoms. The number of nitrogens with zero attached hydrogens (tertiary/aromatic N) is 4. The number of anilines is 1. The standard InChI is InChI=1S/C12H10ClN5O4/c13-12-15-7-10(18(21)22)11(16-12)14-6-5-8-3-1-2-4-9(8)17(19)20/h1-4,7H,5-6H2,(H,14,15,16). The molecular formula is C12H10ClN5O4. The molecule has 1 aromatic carbocycles. The number of nitro benzene ring substituents is 1. The second-order valence-corrected chi connectivity index (χ2v) is 4.53. The summed E-state index contributed by atoms with van der Waals surface area (Å²) in [5.41, 5.74) is 0.203. The van der Waals surface area contributed by atoms with Crippen LogP contribution in [0.25, 0.3) is 0 Å². The lowest BCUT2D eigenvalue weighted by Crippen LogP contribution is -2.10. The highest BCUT2D eigenvalue weighted by Crippen LogP contribution is 2.23. The summed E-state index contributed by atoms with van der Waals surface area (Å²) >= 11 is 5.61. The average molecular weight is 324 g/mol. The van der Waals surface area contributed by atoms with Crippen LogP contribution in [0.3, 0.4) is 0 Å². The van der Waals surface area contributed by atoms with Crippen molar-refractivity contribution in [3.05, 3.63) is 61.5 Å². The van der Waals surface area contributed by atoms with E-state index >= 15 is 0 Å². The van der Waals surface area contributed by atoms with Crippen LogP contribution in [0.4, 0.5) is 17.2 Å². The van der Waals surface area contributed by atoms with Gasteiger partial charge in [-0.3, -0.25) is 20.2 Å². The summed E-state index contributed by atoms with van der Waals surface area (Å²) < 4.78 is 0. The first-order valence-electron chi connectivity index (χ1n) is 6.12. The maximum Gasteiger partial charge on any atom is 0.329 e. The molecule has 0 aliphatic heterocycles. The molecule has 0 amide bonds. The summed E-state index contributed by atoms with van der Waals surface area (Å²) in [5, 5.41) is 24.4. The van der Waals surface area contributed by atoms with Gasteiger partial charge in [0.1, 0.15) is 6.20 Å². The zero-order valence-electron chi connectivity index (χ0n) is 11.1. The van der Waals surface area contributed by atoms with Crippen molar-refractivity contribution < 1.29 is 9.85 Å². The van der Waals surface area contributed by atoms with Gasteiger partial charge in [-0.15, -0.1) is 0 Å². The number of aromatic nitrogens is 2. The van der Waals surface area contributed by atoms with Gasteiger partial charge in [0, 0.05) is 18.2 Å². The molecule has 0 saturated heterocycles. The number of halogens is 1. The zero-order valence-corrected chi connectivity index (χ0v) is 11.9. The number of hydrogen-bond acceptors (Lipinski definition) is 7. The Balaban J connectivity index is 2.11. The lowest BCUT2D eigenvalue weighted by Gasteiger charge is -2.06. The first-order valence-corrected chi connectivity index (χ1v) is 6.50. The van der Waals surface area contributed by atoms with Crippen LogP contribution >= 0.6 is 11.6 Å². The largest absolute Gasteiger partial charge is 0.364 e. The third-order valence-corrected chi connectivity index (χ3v) is 2.99. The van der Waals surface area contributed by atoms with Crippen molar-refractivity contribution in [2.45, 2.75) is 6.42 Å². The van der Waals surface area contributed by atoms with E-state index in [1.165, 1.54) is 6.07 Å². The molecular weight excluding hydrogens is 314 g/mol. The average Bonchev–Trinajstić information content (AvgIpc) is 2.47. The van der Waals surface area contributed by atoms with E-state index in [2.05, 4.69) is 15.3 Å². The van der Waals surface area contributed by atoms with Crippen molar-refractivity contribution in [2.24, 2.45) is 0 Å². The van der Waals surface area contributed by atoms with Crippen molar-refractivity contribution in [3.63, 3.8) is 0 Å². The van der Waals surface area contributed by atoms with Crippen molar-refractivity contribution in [2.75, 3.05) is 11.9 Å². The van der Waals surface area contributed by atoms with Gasteiger partial charge in [-0.2, -0.15) is 4.98 Å². The van der Waals surface area contributed by atoms with E-state index in [1.54, 1.807) is 18.2 Å². The van der Waals surface area contributed by atoms with E-state index in [9.17, 15) is 20.2 Å². The number of benzene rings is 1. The summed E-state index contributed by atoms with van der Waals surface area (Å²) in [6.07, 6.45) is 1.30. The molecule has 9 nitrogen and oxygen atoms in total. The van der Waals surface area contributed by atoms with Crippen molar-refractivity contribution >= 4 is 28.8 Å². The highest BCUT2D eigenvalue weighted by atomic mass is 35.5. The number of rotatable bonds is 6. The van der Waals surface area contributed by atoms with Gasteiger partial charge in [0.15, 0.2) is 0 Å². The van der Waals surface area contributed by atoms with Crippen LogP contribution in [0.1, 0.15) is 5.56 Å². The van der Waals surface area contributed by atoms with Gasteiger partial charge < -0.3 is 5.32 Å². The molecule has 1 N–H and O–H groups in total. The van der Waals surface area contributed by atoms with Crippen LogP contribution in [0.15, 0.2) is 30.5 Å². The van der Waals surface area contributed by atoms with Crippen LogP contribution in [0.5, 0.6) is 0 Å². The van der Waals surface area contributed by atoms with Crippen molar-refractivity contribution in [3.8, 4) is 0 Å². The molecule has 2 aromatic rings. The van der Waals surface area contributed by atoms with Gasteiger partial charge >= 0.3 is 5.69 Å². The molecule has 0 aliphatic carbocycles. The van der Waals surface area contributed by atoms with E-state index in [0.717, 1.165) is 6.20 Å². The fourth-order valence-corrected chi connectivity index (χ4v) is 1.97. The Kier molecular flexibility index (Phi) is 4.79. The predicted octanol–water partition coefficient (Wildman–Crippen LogP) is 2.60. The highest BCUT2D eigenvalue weighted by molar-refractivity contribution is 6.28. The monoisotopic (exact) mass is 323 g/mol. The smallest absolute Gasteiger partial charge is 0.329 e. The molecule has 114 valence electrons. The van der Waals surface area contributed by atoms with Crippen LogP contribution in [-0.2, 0) is 6.42 Å². The SMILES string of the molecule is O=[N+]([O-])c1ccccc1CCNc1nc(Cl)ncc1[N+](=O)[O-]. The third-order valence-electron chi connectivity index (χ3n) is 2.81. The van der Waals surface area contributed by atoms with Crippen LogP contribution in [-0.4, -0.2) is 26.4 Å². The first kappa shape index (κ1) is 15.6. The Morgan fingerprint density at radius 2 is 1.82 bits per heavy atom. The molecule has 1 heterocycles. The molecule has 0 spiro atoms. The maximum absolute atomic E-state index is 10.9. The van der Waals surface area contributed by atoms with Gasteiger partial charge in [-0.1, -0.05) is 18.2 Å². The fraction of sp³-hybridized carbons (Fsp3) is 0.167. The molecule has 0 atom stereocenters. The Hall–Kier alpha value is -2.81. The number of nitrogens with one attached hydrogen (secondary N) is 1. The van der Waals surface area contributed by atoms with E-state index in [0.29, 0.717) is 12.0 Å². The number of hydrogen-bond donors (Lipinski definition) is 1. The quantitative estimate of drug-likeness (QED) is 0.492. The van der Waals surface area contributed by atoms with E-state index in [1.807, 2.05) is 0 Å². The normalized spacial score (nSPS) is 10.2. The van der Waals surface area contributed by atoms with Gasteiger partial charge in [0.25, 0.3) is 5.69 Å². The van der Waals surface area contributed by atoms with Gasteiger partial charge in [0.2, 0.25) is 11.1 Å².